The molecule has 1 amide bonds. The first-order valence-corrected chi connectivity index (χ1v) is 8.00. The summed E-state index contributed by atoms with van der Waals surface area (Å²) in [5, 5.41) is 13.4. The first-order valence-electron chi connectivity index (χ1n) is 6.61. The van der Waals surface area contributed by atoms with E-state index in [1.54, 1.807) is 23.9 Å². The van der Waals surface area contributed by atoms with Gasteiger partial charge in [-0.3, -0.25) is 4.79 Å². The zero-order chi connectivity index (χ0) is 14.7. The van der Waals surface area contributed by atoms with E-state index in [4.69, 9.17) is 0 Å². The predicted octanol–water partition coefficient (Wildman–Crippen LogP) is 2.68. The quantitative estimate of drug-likeness (QED) is 0.833. The number of phenols is 1. The van der Waals surface area contributed by atoms with Gasteiger partial charge >= 0.3 is 0 Å². The van der Waals surface area contributed by atoms with Crippen molar-refractivity contribution < 1.29 is 9.90 Å². The van der Waals surface area contributed by atoms with Crippen molar-refractivity contribution in [3.05, 3.63) is 29.5 Å². The average Bonchev–Trinajstić information content (AvgIpc) is 2.66. The monoisotopic (exact) mass is 292 g/mol. The Morgan fingerprint density at radius 3 is 2.90 bits per heavy atom. The summed E-state index contributed by atoms with van der Waals surface area (Å²) in [4.78, 5) is 12.4. The molecule has 2 rings (SSSR count). The van der Waals surface area contributed by atoms with Crippen molar-refractivity contribution >= 4 is 28.6 Å². The van der Waals surface area contributed by atoms with Gasteiger partial charge in [0.05, 0.1) is 5.56 Å². The Hall–Kier alpha value is -1.62. The zero-order valence-corrected chi connectivity index (χ0v) is 12.9. The van der Waals surface area contributed by atoms with E-state index >= 15 is 0 Å². The number of amides is 1. The molecule has 108 valence electrons. The molecule has 2 N–H and O–H groups in total. The molecule has 0 saturated carbocycles. The number of nitrogens with zero attached hydrogens (tertiary/aromatic N) is 1. The second-order valence-electron chi connectivity index (χ2n) is 4.82. The van der Waals surface area contributed by atoms with Crippen LogP contribution in [0.5, 0.6) is 5.75 Å². The highest BCUT2D eigenvalue weighted by molar-refractivity contribution is 7.98. The van der Waals surface area contributed by atoms with Gasteiger partial charge in [0.1, 0.15) is 5.75 Å². The van der Waals surface area contributed by atoms with Crippen LogP contribution in [-0.2, 0) is 7.05 Å². The van der Waals surface area contributed by atoms with E-state index in [1.165, 1.54) is 0 Å². The highest BCUT2D eigenvalue weighted by atomic mass is 32.2. The SMILES string of the molecule is CSCCCNC(=O)c1c(C)n(C)c2ccc(O)cc12. The summed E-state index contributed by atoms with van der Waals surface area (Å²) in [7, 11) is 1.93. The van der Waals surface area contributed by atoms with Gasteiger partial charge in [0.15, 0.2) is 0 Å². The molecule has 0 spiro atoms. The van der Waals surface area contributed by atoms with Crippen molar-refractivity contribution in [1.82, 2.24) is 9.88 Å². The smallest absolute Gasteiger partial charge is 0.253 e. The number of hydrogen-bond donors (Lipinski definition) is 2. The molecule has 0 radical (unpaired) electrons. The summed E-state index contributed by atoms with van der Waals surface area (Å²) in [6.45, 7) is 2.60. The van der Waals surface area contributed by atoms with Crippen LogP contribution in [0.2, 0.25) is 0 Å². The third kappa shape index (κ3) is 2.77. The Morgan fingerprint density at radius 1 is 1.45 bits per heavy atom. The van der Waals surface area contributed by atoms with Gasteiger partial charge in [-0.15, -0.1) is 0 Å². The van der Waals surface area contributed by atoms with Crippen LogP contribution in [0.25, 0.3) is 10.9 Å². The number of thioether (sulfide) groups is 1. The highest BCUT2D eigenvalue weighted by Gasteiger charge is 2.18. The van der Waals surface area contributed by atoms with Crippen LogP contribution in [0.1, 0.15) is 22.5 Å². The molecule has 20 heavy (non-hydrogen) atoms. The summed E-state index contributed by atoms with van der Waals surface area (Å²) in [6.07, 6.45) is 3.02. The predicted molar refractivity (Wildman–Crippen MR) is 84.7 cm³/mol. The largest absolute Gasteiger partial charge is 0.508 e. The number of rotatable bonds is 5. The van der Waals surface area contributed by atoms with E-state index in [0.29, 0.717) is 12.1 Å². The molecule has 1 heterocycles. The topological polar surface area (TPSA) is 54.3 Å². The van der Waals surface area contributed by atoms with E-state index in [2.05, 4.69) is 11.6 Å². The van der Waals surface area contributed by atoms with E-state index < -0.39 is 0 Å². The molecule has 0 aliphatic rings. The molecule has 1 aromatic heterocycles. The van der Waals surface area contributed by atoms with Gasteiger partial charge in [0.2, 0.25) is 0 Å². The minimum Gasteiger partial charge on any atom is -0.508 e. The maximum absolute atomic E-state index is 12.4. The van der Waals surface area contributed by atoms with E-state index in [9.17, 15) is 9.90 Å². The fourth-order valence-electron chi connectivity index (χ4n) is 2.35. The molecule has 0 bridgehead atoms. The molecule has 0 saturated heterocycles. The minimum absolute atomic E-state index is 0.0696. The number of phenolic OH excluding ortho intramolecular Hbond substituents is 1. The van der Waals surface area contributed by atoms with Crippen LogP contribution in [0.3, 0.4) is 0 Å². The third-order valence-corrected chi connectivity index (χ3v) is 4.21. The molecule has 4 nitrogen and oxygen atoms in total. The number of carbonyl (C=O) groups is 1. The summed E-state index contributed by atoms with van der Waals surface area (Å²) >= 11 is 1.77. The number of aromatic nitrogens is 1. The Bertz CT molecular complexity index is 634. The van der Waals surface area contributed by atoms with Gasteiger partial charge in [-0.1, -0.05) is 0 Å². The molecular formula is C15H20N2O2S. The number of aromatic hydroxyl groups is 1. The van der Waals surface area contributed by atoms with Gasteiger partial charge < -0.3 is 15.0 Å². The lowest BCUT2D eigenvalue weighted by atomic mass is 10.1. The molecule has 0 unspecified atom stereocenters. The lowest BCUT2D eigenvalue weighted by Gasteiger charge is -2.05. The van der Waals surface area contributed by atoms with Gasteiger partial charge in [-0.2, -0.15) is 11.8 Å². The second-order valence-corrected chi connectivity index (χ2v) is 5.81. The third-order valence-electron chi connectivity index (χ3n) is 3.51. The molecule has 5 heteroatoms. The molecule has 2 aromatic rings. The zero-order valence-electron chi connectivity index (χ0n) is 12.1. The van der Waals surface area contributed by atoms with Crippen molar-refractivity contribution in [1.29, 1.82) is 0 Å². The molecule has 1 aromatic carbocycles. The normalized spacial score (nSPS) is 10.9. The Kier molecular flexibility index (Phi) is 4.60. The summed E-state index contributed by atoms with van der Waals surface area (Å²) < 4.78 is 1.98. The fraction of sp³-hybridized carbons (Fsp3) is 0.400. The van der Waals surface area contributed by atoms with Crippen LogP contribution in [-0.4, -0.2) is 34.1 Å². The summed E-state index contributed by atoms with van der Waals surface area (Å²) in [5.74, 6) is 1.15. The van der Waals surface area contributed by atoms with Crippen molar-refractivity contribution in [2.75, 3.05) is 18.6 Å². The van der Waals surface area contributed by atoms with Crippen LogP contribution in [0.15, 0.2) is 18.2 Å². The second kappa shape index (κ2) is 6.22. The summed E-state index contributed by atoms with van der Waals surface area (Å²) in [5.41, 5.74) is 2.52. The molecule has 0 aliphatic heterocycles. The van der Waals surface area contributed by atoms with E-state index in [0.717, 1.165) is 28.8 Å². The van der Waals surface area contributed by atoms with Crippen LogP contribution >= 0.6 is 11.8 Å². The number of nitrogens with one attached hydrogen (secondary N) is 1. The number of aryl methyl sites for hydroxylation is 1. The molecule has 0 aliphatic carbocycles. The molecule has 0 fully saturated rings. The first-order chi connectivity index (χ1) is 9.56. The minimum atomic E-state index is -0.0696. The molecule has 0 atom stereocenters. The van der Waals surface area contributed by atoms with Gasteiger partial charge in [-0.05, 0) is 43.6 Å². The van der Waals surface area contributed by atoms with E-state index in [1.807, 2.05) is 24.6 Å². The van der Waals surface area contributed by atoms with Crippen molar-refractivity contribution in [2.24, 2.45) is 7.05 Å². The lowest BCUT2D eigenvalue weighted by Crippen LogP contribution is -2.25. The van der Waals surface area contributed by atoms with E-state index in [-0.39, 0.29) is 11.7 Å². The number of benzene rings is 1. The fourth-order valence-corrected chi connectivity index (χ4v) is 2.79. The van der Waals surface area contributed by atoms with Crippen molar-refractivity contribution in [2.45, 2.75) is 13.3 Å². The number of hydrogen-bond acceptors (Lipinski definition) is 3. The number of fused-ring (bicyclic) bond motifs is 1. The lowest BCUT2D eigenvalue weighted by molar-refractivity contribution is 0.0954. The summed E-state index contributed by atoms with van der Waals surface area (Å²) in [6, 6.07) is 5.13. The van der Waals surface area contributed by atoms with Crippen LogP contribution < -0.4 is 5.32 Å². The van der Waals surface area contributed by atoms with Crippen LogP contribution in [0, 0.1) is 6.92 Å². The van der Waals surface area contributed by atoms with Crippen molar-refractivity contribution in [3.8, 4) is 5.75 Å². The molecular weight excluding hydrogens is 272 g/mol. The van der Waals surface area contributed by atoms with Crippen molar-refractivity contribution in [3.63, 3.8) is 0 Å². The Morgan fingerprint density at radius 2 is 2.20 bits per heavy atom. The average molecular weight is 292 g/mol. The van der Waals surface area contributed by atoms with Gasteiger partial charge in [0, 0.05) is 30.2 Å². The Labute approximate surface area is 123 Å². The first kappa shape index (κ1) is 14.8. The maximum atomic E-state index is 12.4. The standard InChI is InChI=1S/C15H20N2O2S/c1-10-14(15(19)16-7-4-8-20-3)12-9-11(18)5-6-13(12)17(10)2/h5-6,9,18H,4,7-8H2,1-3H3,(H,16,19). The van der Waals surface area contributed by atoms with Gasteiger partial charge in [-0.25, -0.2) is 0 Å². The maximum Gasteiger partial charge on any atom is 0.253 e. The Balaban J connectivity index is 2.31. The van der Waals surface area contributed by atoms with Gasteiger partial charge in [0.25, 0.3) is 5.91 Å². The van der Waals surface area contributed by atoms with Crippen LogP contribution in [0.4, 0.5) is 0 Å². The number of carbonyl (C=O) groups excluding carboxylic acids is 1. The highest BCUT2D eigenvalue weighted by Crippen LogP contribution is 2.28.